The quantitative estimate of drug-likeness (QED) is 0.134. The molecule has 0 aliphatic carbocycles. The van der Waals surface area contributed by atoms with Crippen LogP contribution in [0.3, 0.4) is 0 Å². The predicted molar refractivity (Wildman–Crippen MR) is 179 cm³/mol. The zero-order valence-electron chi connectivity index (χ0n) is 25.6. The highest BCUT2D eigenvalue weighted by molar-refractivity contribution is 7.99. The molecule has 5 aromatic rings. The SMILES string of the molecule is C[C@@H]1[C@H](CSc2nccn2C)O[C@H](c2ccc(NC(=O)Nc3ccc(Oc4ccccc4)cc3)cc2)O[C@@H]1c1ccc(CO)cc1. The Labute approximate surface area is 272 Å². The largest absolute Gasteiger partial charge is 0.457 e. The molecule has 1 aliphatic heterocycles. The number of imidazole rings is 1. The van der Waals surface area contributed by atoms with Gasteiger partial charge in [0.25, 0.3) is 0 Å². The van der Waals surface area contributed by atoms with Gasteiger partial charge in [-0.25, -0.2) is 9.78 Å². The number of benzene rings is 4. The molecular weight excluding hydrogens is 600 g/mol. The van der Waals surface area contributed by atoms with Crippen molar-refractivity contribution in [2.24, 2.45) is 13.0 Å². The van der Waals surface area contributed by atoms with Crippen LogP contribution in [0.1, 0.15) is 36.0 Å². The molecule has 1 fully saturated rings. The van der Waals surface area contributed by atoms with Gasteiger partial charge in [-0.2, -0.15) is 0 Å². The summed E-state index contributed by atoms with van der Waals surface area (Å²) in [6, 6.07) is 31.7. The first kappa shape index (κ1) is 31.4. The second kappa shape index (κ2) is 14.7. The number of aliphatic hydroxyl groups is 1. The van der Waals surface area contributed by atoms with Crippen molar-refractivity contribution in [1.82, 2.24) is 9.55 Å². The summed E-state index contributed by atoms with van der Waals surface area (Å²) in [6.45, 7) is 2.13. The van der Waals surface area contributed by atoms with E-state index < -0.39 is 6.29 Å². The van der Waals surface area contributed by atoms with Gasteiger partial charge in [-0.05, 0) is 59.7 Å². The summed E-state index contributed by atoms with van der Waals surface area (Å²) >= 11 is 1.65. The molecule has 1 aliphatic rings. The number of anilines is 2. The van der Waals surface area contributed by atoms with Gasteiger partial charge in [0, 0.05) is 48.1 Å². The van der Waals surface area contributed by atoms with Gasteiger partial charge in [-0.3, -0.25) is 0 Å². The molecule has 236 valence electrons. The first-order valence-corrected chi connectivity index (χ1v) is 16.1. The maximum Gasteiger partial charge on any atom is 0.323 e. The number of nitrogens with one attached hydrogen (secondary N) is 2. The number of carbonyl (C=O) groups excluding carboxylic acids is 1. The van der Waals surface area contributed by atoms with Gasteiger partial charge >= 0.3 is 6.03 Å². The zero-order chi connectivity index (χ0) is 31.9. The highest BCUT2D eigenvalue weighted by atomic mass is 32.2. The molecule has 1 saturated heterocycles. The summed E-state index contributed by atoms with van der Waals surface area (Å²) in [4.78, 5) is 17.2. The van der Waals surface area contributed by atoms with Crippen molar-refractivity contribution >= 4 is 29.2 Å². The van der Waals surface area contributed by atoms with E-state index in [2.05, 4.69) is 22.5 Å². The molecule has 0 unspecified atom stereocenters. The van der Waals surface area contributed by atoms with Crippen LogP contribution >= 0.6 is 11.8 Å². The summed E-state index contributed by atoms with van der Waals surface area (Å²) < 4.78 is 20.9. The van der Waals surface area contributed by atoms with Crippen LogP contribution in [0.2, 0.25) is 0 Å². The lowest BCUT2D eigenvalue weighted by Gasteiger charge is -2.41. The van der Waals surface area contributed by atoms with Crippen LogP contribution in [0.15, 0.2) is 121 Å². The average molecular weight is 637 g/mol. The Morgan fingerprint density at radius 1 is 0.870 bits per heavy atom. The molecule has 9 nitrogen and oxygen atoms in total. The molecule has 0 saturated carbocycles. The van der Waals surface area contributed by atoms with Crippen molar-refractivity contribution in [3.63, 3.8) is 0 Å². The van der Waals surface area contributed by atoms with E-state index in [4.69, 9.17) is 14.2 Å². The van der Waals surface area contributed by atoms with E-state index in [0.29, 0.717) is 22.9 Å². The first-order chi connectivity index (χ1) is 22.4. The van der Waals surface area contributed by atoms with Gasteiger partial charge in [-0.15, -0.1) is 0 Å². The van der Waals surface area contributed by atoms with Crippen molar-refractivity contribution in [3.8, 4) is 11.5 Å². The monoisotopic (exact) mass is 636 g/mol. The third-order valence-electron chi connectivity index (χ3n) is 7.81. The molecule has 10 heteroatoms. The third-order valence-corrected chi connectivity index (χ3v) is 8.96. The molecule has 1 aromatic heterocycles. The van der Waals surface area contributed by atoms with E-state index in [0.717, 1.165) is 27.6 Å². The molecule has 2 amide bonds. The fourth-order valence-corrected chi connectivity index (χ4v) is 6.30. The summed E-state index contributed by atoms with van der Waals surface area (Å²) in [5, 5.41) is 16.2. The van der Waals surface area contributed by atoms with Crippen LogP contribution in [-0.2, 0) is 23.1 Å². The lowest BCUT2D eigenvalue weighted by Crippen LogP contribution is -2.38. The molecule has 0 radical (unpaired) electrons. The van der Waals surface area contributed by atoms with Gasteiger partial charge in [0.05, 0.1) is 18.8 Å². The standard InChI is InChI=1S/C36H36N4O5S/c1-24-32(23-46-36-37-20-21-40(36)2)44-34(45-33(24)26-10-8-25(22-41)9-11-26)27-12-14-28(15-13-27)38-35(42)39-29-16-18-31(19-17-29)43-30-6-4-3-5-7-30/h3-21,24,32-34,41H,22-23H2,1-2H3,(H2,38,39,42)/t24-,32+,33+,34+/m1/s1. The number of thioether (sulfide) groups is 1. The molecule has 4 atom stereocenters. The number of para-hydroxylation sites is 1. The van der Waals surface area contributed by atoms with Gasteiger partial charge in [0.2, 0.25) is 0 Å². The van der Waals surface area contributed by atoms with E-state index in [9.17, 15) is 9.90 Å². The van der Waals surface area contributed by atoms with Crippen LogP contribution in [0.25, 0.3) is 0 Å². The first-order valence-electron chi connectivity index (χ1n) is 15.1. The average Bonchev–Trinajstić information content (AvgIpc) is 3.50. The van der Waals surface area contributed by atoms with Gasteiger partial charge in [0.15, 0.2) is 11.4 Å². The Morgan fingerprint density at radius 3 is 2.13 bits per heavy atom. The fraction of sp³-hybridized carbons (Fsp3) is 0.222. The van der Waals surface area contributed by atoms with Crippen molar-refractivity contribution in [3.05, 3.63) is 132 Å². The van der Waals surface area contributed by atoms with E-state index >= 15 is 0 Å². The molecular formula is C36H36N4O5S. The number of hydrogen-bond donors (Lipinski definition) is 3. The highest BCUT2D eigenvalue weighted by Gasteiger charge is 2.38. The number of nitrogens with zero attached hydrogens (tertiary/aromatic N) is 2. The molecule has 2 heterocycles. The number of aryl methyl sites for hydroxylation is 1. The Balaban J connectivity index is 1.10. The fourth-order valence-electron chi connectivity index (χ4n) is 5.21. The van der Waals surface area contributed by atoms with Crippen LogP contribution in [0.4, 0.5) is 16.2 Å². The van der Waals surface area contributed by atoms with Gasteiger partial charge in [-0.1, -0.05) is 73.3 Å². The van der Waals surface area contributed by atoms with Crippen molar-refractivity contribution in [2.75, 3.05) is 16.4 Å². The lowest BCUT2D eigenvalue weighted by molar-refractivity contribution is -0.268. The molecule has 0 spiro atoms. The van der Waals surface area contributed by atoms with Crippen molar-refractivity contribution in [1.29, 1.82) is 0 Å². The zero-order valence-corrected chi connectivity index (χ0v) is 26.4. The molecule has 0 bridgehead atoms. The van der Waals surface area contributed by atoms with Crippen LogP contribution in [0.5, 0.6) is 11.5 Å². The molecule has 4 aromatic carbocycles. The number of aromatic nitrogens is 2. The van der Waals surface area contributed by atoms with Crippen LogP contribution in [0, 0.1) is 5.92 Å². The normalized spacial score (nSPS) is 19.4. The highest BCUT2D eigenvalue weighted by Crippen LogP contribution is 2.43. The number of amides is 2. The maximum absolute atomic E-state index is 12.7. The van der Waals surface area contributed by atoms with Gasteiger partial charge < -0.3 is 34.5 Å². The van der Waals surface area contributed by atoms with Crippen molar-refractivity contribution in [2.45, 2.75) is 37.2 Å². The minimum absolute atomic E-state index is 0.00950. The third kappa shape index (κ3) is 7.78. The number of urea groups is 1. The Hall–Kier alpha value is -4.61. The molecule has 46 heavy (non-hydrogen) atoms. The Morgan fingerprint density at radius 2 is 1.50 bits per heavy atom. The van der Waals surface area contributed by atoms with Gasteiger partial charge in [0.1, 0.15) is 11.5 Å². The lowest BCUT2D eigenvalue weighted by atomic mass is 9.91. The Kier molecular flexibility index (Phi) is 10.00. The smallest absolute Gasteiger partial charge is 0.323 e. The maximum atomic E-state index is 12.7. The topological polar surface area (TPSA) is 107 Å². The number of rotatable bonds is 10. The summed E-state index contributed by atoms with van der Waals surface area (Å²) in [6.07, 6.45) is 2.78. The van der Waals surface area contributed by atoms with Crippen molar-refractivity contribution < 1.29 is 24.1 Å². The molecule has 3 N–H and O–H groups in total. The number of hydrogen-bond acceptors (Lipinski definition) is 7. The van der Waals surface area contributed by atoms with Crippen LogP contribution < -0.4 is 15.4 Å². The number of aliphatic hydroxyl groups excluding tert-OH is 1. The minimum Gasteiger partial charge on any atom is -0.457 e. The molecule has 6 rings (SSSR count). The summed E-state index contributed by atoms with van der Waals surface area (Å²) in [5.41, 5.74) is 3.99. The van der Waals surface area contributed by atoms with E-state index in [1.807, 2.05) is 96.7 Å². The van der Waals surface area contributed by atoms with E-state index in [1.54, 1.807) is 42.2 Å². The second-order valence-electron chi connectivity index (χ2n) is 11.1. The van der Waals surface area contributed by atoms with Crippen LogP contribution in [-0.4, -0.2) is 32.5 Å². The number of ether oxygens (including phenoxy) is 3. The number of carbonyl (C=O) groups is 1. The summed E-state index contributed by atoms with van der Waals surface area (Å²) in [7, 11) is 1.98. The van der Waals surface area contributed by atoms with E-state index in [1.165, 1.54) is 0 Å². The summed E-state index contributed by atoms with van der Waals surface area (Å²) in [5.74, 6) is 2.19. The Bertz CT molecular complexity index is 1710. The second-order valence-corrected chi connectivity index (χ2v) is 12.1. The van der Waals surface area contributed by atoms with E-state index in [-0.39, 0.29) is 30.8 Å². The predicted octanol–water partition coefficient (Wildman–Crippen LogP) is 7.93. The minimum atomic E-state index is -0.606.